The van der Waals surface area contributed by atoms with Crippen molar-refractivity contribution in [2.45, 2.75) is 38.8 Å². The van der Waals surface area contributed by atoms with Crippen LogP contribution < -0.4 is 5.43 Å². The van der Waals surface area contributed by atoms with Crippen LogP contribution in [0, 0.1) is 0 Å². The van der Waals surface area contributed by atoms with E-state index in [9.17, 15) is 18.0 Å². The number of hydrogen-bond donors (Lipinski definition) is 1. The largest absolute Gasteiger partial charge is 0.433 e. The van der Waals surface area contributed by atoms with Crippen molar-refractivity contribution in [3.63, 3.8) is 0 Å². The van der Waals surface area contributed by atoms with Gasteiger partial charge in [-0.2, -0.15) is 18.3 Å². The number of aromatic nitrogens is 2. The summed E-state index contributed by atoms with van der Waals surface area (Å²) in [7, 11) is 0. The number of nitrogens with zero attached hydrogens (tertiary/aromatic N) is 3. The molecule has 1 aromatic heterocycles. The topological polar surface area (TPSA) is 67.2 Å². The fourth-order valence-electron chi connectivity index (χ4n) is 1.58. The highest BCUT2D eigenvalue weighted by molar-refractivity contribution is 6.12. The molecule has 8 heteroatoms. The van der Waals surface area contributed by atoms with Crippen molar-refractivity contribution in [2.24, 2.45) is 5.10 Å². The van der Waals surface area contributed by atoms with Gasteiger partial charge in [0.2, 0.25) is 5.91 Å². The molecule has 20 heavy (non-hydrogen) atoms. The molecule has 0 unspecified atom stereocenters. The van der Waals surface area contributed by atoms with Crippen molar-refractivity contribution in [1.82, 2.24) is 15.4 Å². The molecule has 1 N–H and O–H groups in total. The van der Waals surface area contributed by atoms with Crippen LogP contribution in [-0.4, -0.2) is 21.6 Å². The van der Waals surface area contributed by atoms with Gasteiger partial charge in [0, 0.05) is 5.41 Å². The molecule has 1 aliphatic rings. The summed E-state index contributed by atoms with van der Waals surface area (Å²) in [6, 6.07) is 0.814. The number of carbonyl (C=O) groups is 1. The van der Waals surface area contributed by atoms with Gasteiger partial charge < -0.3 is 0 Å². The van der Waals surface area contributed by atoms with E-state index in [1.54, 1.807) is 20.8 Å². The van der Waals surface area contributed by atoms with Crippen LogP contribution in [0.4, 0.5) is 13.2 Å². The molecule has 2 heterocycles. The van der Waals surface area contributed by atoms with Crippen molar-refractivity contribution in [3.8, 4) is 0 Å². The minimum absolute atomic E-state index is 0.0237. The second-order valence-electron chi connectivity index (χ2n) is 5.48. The molecule has 0 saturated heterocycles. The highest BCUT2D eigenvalue weighted by Gasteiger charge is 2.35. The number of hydrogen-bond acceptors (Lipinski definition) is 4. The van der Waals surface area contributed by atoms with Gasteiger partial charge in [-0.3, -0.25) is 4.79 Å². The van der Waals surface area contributed by atoms with Gasteiger partial charge in [0.25, 0.3) is 0 Å². The first kappa shape index (κ1) is 14.4. The lowest BCUT2D eigenvalue weighted by atomic mass is 9.95. The summed E-state index contributed by atoms with van der Waals surface area (Å²) in [6.07, 6.45) is -4.66. The number of carbonyl (C=O) groups excluding carboxylic acids is 1. The van der Waals surface area contributed by atoms with E-state index in [1.807, 2.05) is 0 Å². The Labute approximate surface area is 113 Å². The van der Waals surface area contributed by atoms with E-state index < -0.39 is 17.3 Å². The maximum Gasteiger partial charge on any atom is 0.433 e. The number of rotatable bonds is 1. The Kier molecular flexibility index (Phi) is 3.27. The Morgan fingerprint density at radius 2 is 1.85 bits per heavy atom. The van der Waals surface area contributed by atoms with E-state index in [0.717, 1.165) is 6.07 Å². The van der Waals surface area contributed by atoms with Crippen molar-refractivity contribution in [3.05, 3.63) is 23.3 Å². The Bertz CT molecular complexity index is 555. The van der Waals surface area contributed by atoms with E-state index in [-0.39, 0.29) is 29.6 Å². The van der Waals surface area contributed by atoms with Crippen LogP contribution in [0.2, 0.25) is 0 Å². The first-order valence-electron chi connectivity index (χ1n) is 5.90. The predicted octanol–water partition coefficient (Wildman–Crippen LogP) is 2.02. The molecule has 0 radical (unpaired) electrons. The summed E-state index contributed by atoms with van der Waals surface area (Å²) in [6.45, 7) is 5.14. The fraction of sp³-hybridized carbons (Fsp3) is 0.500. The molecular formula is C12H13F3N4O. The molecule has 5 nitrogen and oxygen atoms in total. The molecule has 1 aromatic rings. The van der Waals surface area contributed by atoms with E-state index in [4.69, 9.17) is 0 Å². The summed E-state index contributed by atoms with van der Waals surface area (Å²) >= 11 is 0. The van der Waals surface area contributed by atoms with Crippen molar-refractivity contribution >= 4 is 11.6 Å². The SMILES string of the molecule is CC(C)(C)c1nc(C2=NNC(=O)C2)cc(C(F)(F)F)n1. The molecule has 0 spiro atoms. The van der Waals surface area contributed by atoms with Gasteiger partial charge in [-0.05, 0) is 6.07 Å². The summed E-state index contributed by atoms with van der Waals surface area (Å²) in [5.74, 6) is -0.311. The smallest absolute Gasteiger partial charge is 0.273 e. The molecule has 0 saturated carbocycles. The van der Waals surface area contributed by atoms with Crippen LogP contribution in [0.15, 0.2) is 11.2 Å². The van der Waals surface area contributed by atoms with Gasteiger partial charge in [0.1, 0.15) is 11.5 Å². The van der Waals surface area contributed by atoms with Gasteiger partial charge >= 0.3 is 6.18 Å². The predicted molar refractivity (Wildman–Crippen MR) is 65.0 cm³/mol. The van der Waals surface area contributed by atoms with Crippen LogP contribution in [0.25, 0.3) is 0 Å². The second-order valence-corrected chi connectivity index (χ2v) is 5.48. The maximum atomic E-state index is 12.9. The highest BCUT2D eigenvalue weighted by atomic mass is 19.4. The molecule has 0 atom stereocenters. The Morgan fingerprint density at radius 3 is 2.30 bits per heavy atom. The zero-order valence-corrected chi connectivity index (χ0v) is 11.2. The standard InChI is InChI=1S/C12H13F3N4O/c1-11(2,3)10-16-6(7-5-9(20)19-18-7)4-8(17-10)12(13,14)15/h4H,5H2,1-3H3,(H,19,20). The Balaban J connectivity index is 2.55. The van der Waals surface area contributed by atoms with Crippen LogP contribution in [0.1, 0.15) is 44.4 Å². The molecule has 0 aliphatic carbocycles. The lowest BCUT2D eigenvalue weighted by Crippen LogP contribution is -2.22. The first-order chi connectivity index (χ1) is 9.07. The number of nitrogens with one attached hydrogen (secondary N) is 1. The van der Waals surface area contributed by atoms with Gasteiger partial charge in [0.05, 0.1) is 17.8 Å². The van der Waals surface area contributed by atoms with E-state index in [2.05, 4.69) is 20.5 Å². The van der Waals surface area contributed by atoms with E-state index in [0.29, 0.717) is 0 Å². The van der Waals surface area contributed by atoms with Crippen LogP contribution in [0.5, 0.6) is 0 Å². The van der Waals surface area contributed by atoms with Crippen LogP contribution in [-0.2, 0) is 16.4 Å². The molecule has 1 amide bonds. The number of hydrazone groups is 1. The fourth-order valence-corrected chi connectivity index (χ4v) is 1.58. The van der Waals surface area contributed by atoms with Crippen molar-refractivity contribution in [2.75, 3.05) is 0 Å². The lowest BCUT2D eigenvalue weighted by Gasteiger charge is -2.19. The van der Waals surface area contributed by atoms with E-state index in [1.165, 1.54) is 0 Å². The molecule has 0 aromatic carbocycles. The first-order valence-corrected chi connectivity index (χ1v) is 5.90. The second kappa shape index (κ2) is 4.53. The minimum Gasteiger partial charge on any atom is -0.273 e. The van der Waals surface area contributed by atoms with Crippen molar-refractivity contribution in [1.29, 1.82) is 0 Å². The highest BCUT2D eigenvalue weighted by Crippen LogP contribution is 2.30. The molecule has 108 valence electrons. The zero-order valence-electron chi connectivity index (χ0n) is 11.2. The summed E-state index contributed by atoms with van der Waals surface area (Å²) in [5, 5.41) is 3.69. The summed E-state index contributed by atoms with van der Waals surface area (Å²) in [5.41, 5.74) is 0.725. The Morgan fingerprint density at radius 1 is 1.20 bits per heavy atom. The van der Waals surface area contributed by atoms with Gasteiger partial charge in [-0.25, -0.2) is 15.4 Å². The van der Waals surface area contributed by atoms with Crippen LogP contribution in [0.3, 0.4) is 0 Å². The van der Waals surface area contributed by atoms with Gasteiger partial charge in [-0.15, -0.1) is 0 Å². The number of halogens is 3. The lowest BCUT2D eigenvalue weighted by molar-refractivity contribution is -0.141. The molecule has 0 fully saturated rings. The van der Waals surface area contributed by atoms with E-state index >= 15 is 0 Å². The third-order valence-corrected chi connectivity index (χ3v) is 2.63. The minimum atomic E-state index is -4.58. The maximum absolute atomic E-state index is 12.9. The number of alkyl halides is 3. The normalized spacial score (nSPS) is 16.1. The van der Waals surface area contributed by atoms with Crippen LogP contribution >= 0.6 is 0 Å². The third-order valence-electron chi connectivity index (χ3n) is 2.63. The van der Waals surface area contributed by atoms with Gasteiger partial charge in [-0.1, -0.05) is 20.8 Å². The molecule has 0 bridgehead atoms. The van der Waals surface area contributed by atoms with Crippen molar-refractivity contribution < 1.29 is 18.0 Å². The average Bonchev–Trinajstić information content (AvgIpc) is 2.73. The average molecular weight is 286 g/mol. The summed E-state index contributed by atoms with van der Waals surface area (Å²) < 4.78 is 38.7. The van der Waals surface area contributed by atoms with Gasteiger partial charge in [0.15, 0.2) is 0 Å². The zero-order chi connectivity index (χ0) is 15.1. The summed E-state index contributed by atoms with van der Waals surface area (Å²) in [4.78, 5) is 18.8. The molecule has 1 aliphatic heterocycles. The Hall–Kier alpha value is -1.99. The third kappa shape index (κ3) is 2.94. The molecular weight excluding hydrogens is 273 g/mol. The number of amides is 1. The monoisotopic (exact) mass is 286 g/mol. The quantitative estimate of drug-likeness (QED) is 0.858. The molecule has 2 rings (SSSR count).